The van der Waals surface area contributed by atoms with Crippen molar-refractivity contribution in [1.29, 1.82) is 0 Å². The number of piperidine rings is 1. The van der Waals surface area contributed by atoms with Crippen molar-refractivity contribution in [3.05, 3.63) is 29.8 Å². The van der Waals surface area contributed by atoms with E-state index in [1.165, 1.54) is 11.8 Å². The molecule has 1 saturated heterocycles. The molecule has 0 bridgehead atoms. The first kappa shape index (κ1) is 19.0. The summed E-state index contributed by atoms with van der Waals surface area (Å²) >= 11 is 0. The van der Waals surface area contributed by atoms with Crippen LogP contribution in [0.1, 0.15) is 49.9 Å². The lowest BCUT2D eigenvalue weighted by molar-refractivity contribution is -0.153. The number of benzene rings is 1. The minimum atomic E-state index is -0.929. The van der Waals surface area contributed by atoms with Crippen LogP contribution in [-0.4, -0.2) is 46.9 Å². The molecule has 1 N–H and O–H groups in total. The van der Waals surface area contributed by atoms with Gasteiger partial charge in [-0.3, -0.25) is 9.59 Å². The number of carbonyl (C=O) groups is 3. The minimum absolute atomic E-state index is 0.000909. The minimum Gasteiger partial charge on any atom is -0.494 e. The second-order valence-corrected chi connectivity index (χ2v) is 6.60. The van der Waals surface area contributed by atoms with E-state index in [9.17, 15) is 19.5 Å². The number of rotatable bonds is 7. The third-order valence-electron chi connectivity index (χ3n) is 4.53. The van der Waals surface area contributed by atoms with Crippen LogP contribution < -0.4 is 4.74 Å². The molecule has 0 aliphatic carbocycles. The third kappa shape index (κ3) is 5.31. The van der Waals surface area contributed by atoms with Gasteiger partial charge >= 0.3 is 5.97 Å². The maximum atomic E-state index is 12.3. The quantitative estimate of drug-likeness (QED) is 0.606. The number of likely N-dealkylation sites (tertiary alicyclic amines) is 1. The molecule has 136 valence electrons. The summed E-state index contributed by atoms with van der Waals surface area (Å²) in [6.45, 7) is 4.40. The van der Waals surface area contributed by atoms with Gasteiger partial charge in [-0.05, 0) is 56.4 Å². The Balaban J connectivity index is 1.77. The number of ketones is 1. The Morgan fingerprint density at radius 3 is 2.52 bits per heavy atom. The zero-order chi connectivity index (χ0) is 18.4. The molecular formula is C19H25NO5. The molecule has 0 radical (unpaired) electrons. The van der Waals surface area contributed by atoms with Gasteiger partial charge in [0.1, 0.15) is 11.8 Å². The van der Waals surface area contributed by atoms with Crippen LogP contribution in [0.15, 0.2) is 24.3 Å². The number of ether oxygens (including phenoxy) is 1. The van der Waals surface area contributed by atoms with Gasteiger partial charge in [0.25, 0.3) is 0 Å². The molecule has 2 atom stereocenters. The molecule has 1 fully saturated rings. The van der Waals surface area contributed by atoms with E-state index in [-0.39, 0.29) is 18.1 Å². The van der Waals surface area contributed by atoms with E-state index in [2.05, 4.69) is 0 Å². The fourth-order valence-corrected chi connectivity index (χ4v) is 3.02. The fourth-order valence-electron chi connectivity index (χ4n) is 3.02. The van der Waals surface area contributed by atoms with Crippen molar-refractivity contribution < 1.29 is 24.2 Å². The smallest absolute Gasteiger partial charge is 0.326 e. The number of hydrogen-bond acceptors (Lipinski definition) is 4. The molecule has 2 rings (SSSR count). The number of carboxylic acids is 1. The number of amides is 1. The summed E-state index contributed by atoms with van der Waals surface area (Å²) in [7, 11) is 0. The zero-order valence-corrected chi connectivity index (χ0v) is 14.7. The normalized spacial score (nSPS) is 20.2. The number of carbonyl (C=O) groups excluding carboxylic acids is 2. The van der Waals surface area contributed by atoms with E-state index in [1.807, 2.05) is 6.92 Å². The lowest BCUT2D eigenvalue weighted by atomic mass is 9.92. The van der Waals surface area contributed by atoms with Crippen LogP contribution in [0.2, 0.25) is 0 Å². The molecule has 1 aliphatic heterocycles. The molecule has 0 saturated carbocycles. The van der Waals surface area contributed by atoms with E-state index in [1.54, 1.807) is 24.3 Å². The Bertz CT molecular complexity index is 625. The molecule has 25 heavy (non-hydrogen) atoms. The van der Waals surface area contributed by atoms with Crippen LogP contribution >= 0.6 is 0 Å². The SMILES string of the molecule is CC(=O)c1ccc(OCCCC(=O)N2CCC(C)CC2C(=O)O)cc1. The Labute approximate surface area is 147 Å². The Kier molecular flexibility index (Phi) is 6.56. The number of hydrogen-bond donors (Lipinski definition) is 1. The molecule has 1 amide bonds. The molecule has 1 aliphatic rings. The van der Waals surface area contributed by atoms with Crippen LogP contribution in [0, 0.1) is 5.92 Å². The highest BCUT2D eigenvalue weighted by molar-refractivity contribution is 5.94. The lowest BCUT2D eigenvalue weighted by Gasteiger charge is -2.36. The van der Waals surface area contributed by atoms with Crippen LogP contribution in [-0.2, 0) is 9.59 Å². The molecule has 1 aromatic carbocycles. The average Bonchev–Trinajstić information content (AvgIpc) is 2.58. The van der Waals surface area contributed by atoms with Gasteiger partial charge < -0.3 is 14.7 Å². The highest BCUT2D eigenvalue weighted by Crippen LogP contribution is 2.23. The van der Waals surface area contributed by atoms with E-state index in [0.717, 1.165) is 6.42 Å². The van der Waals surface area contributed by atoms with Gasteiger partial charge in [0.2, 0.25) is 5.91 Å². The van der Waals surface area contributed by atoms with Crippen molar-refractivity contribution in [3.8, 4) is 5.75 Å². The Morgan fingerprint density at radius 1 is 1.24 bits per heavy atom. The second-order valence-electron chi connectivity index (χ2n) is 6.60. The summed E-state index contributed by atoms with van der Waals surface area (Å²) < 4.78 is 5.57. The highest BCUT2D eigenvalue weighted by atomic mass is 16.5. The van der Waals surface area contributed by atoms with E-state index in [4.69, 9.17) is 4.74 Å². The topological polar surface area (TPSA) is 83.9 Å². The second kappa shape index (κ2) is 8.65. The standard InChI is InChI=1S/C19H25NO5/c1-13-9-10-20(17(12-13)19(23)24)18(22)4-3-11-25-16-7-5-15(6-8-16)14(2)21/h5-8,13,17H,3-4,9-12H2,1-2H3,(H,23,24). The first-order valence-corrected chi connectivity index (χ1v) is 8.64. The molecule has 6 nitrogen and oxygen atoms in total. The van der Waals surface area contributed by atoms with Crippen molar-refractivity contribution in [2.75, 3.05) is 13.2 Å². The Morgan fingerprint density at radius 2 is 1.92 bits per heavy atom. The first-order valence-electron chi connectivity index (χ1n) is 8.64. The predicted molar refractivity (Wildman–Crippen MR) is 92.7 cm³/mol. The highest BCUT2D eigenvalue weighted by Gasteiger charge is 2.34. The molecular weight excluding hydrogens is 322 g/mol. The molecule has 1 aromatic rings. The van der Waals surface area contributed by atoms with E-state index in [0.29, 0.717) is 43.2 Å². The van der Waals surface area contributed by atoms with Crippen LogP contribution in [0.25, 0.3) is 0 Å². The van der Waals surface area contributed by atoms with Crippen LogP contribution in [0.3, 0.4) is 0 Å². The number of aliphatic carboxylic acids is 1. The molecule has 0 aromatic heterocycles. The summed E-state index contributed by atoms with van der Waals surface area (Å²) in [6, 6.07) is 6.15. The largest absolute Gasteiger partial charge is 0.494 e. The lowest BCUT2D eigenvalue weighted by Crippen LogP contribution is -2.49. The first-order chi connectivity index (χ1) is 11.9. The Hall–Kier alpha value is -2.37. The van der Waals surface area contributed by atoms with Crippen LogP contribution in [0.4, 0.5) is 0 Å². The summed E-state index contributed by atoms with van der Waals surface area (Å²) in [5.41, 5.74) is 0.626. The zero-order valence-electron chi connectivity index (χ0n) is 14.7. The van der Waals surface area contributed by atoms with Crippen molar-refractivity contribution in [3.63, 3.8) is 0 Å². The number of carboxylic acid groups (broad SMARTS) is 1. The monoisotopic (exact) mass is 347 g/mol. The van der Waals surface area contributed by atoms with Gasteiger partial charge in [-0.25, -0.2) is 4.79 Å². The van der Waals surface area contributed by atoms with Crippen molar-refractivity contribution >= 4 is 17.7 Å². The molecule has 2 unspecified atom stereocenters. The van der Waals surface area contributed by atoms with Crippen LogP contribution in [0.5, 0.6) is 5.75 Å². The summed E-state index contributed by atoms with van der Waals surface area (Å²) in [5.74, 6) is -0.0864. The molecule has 6 heteroatoms. The molecule has 1 heterocycles. The van der Waals surface area contributed by atoms with Gasteiger partial charge in [0, 0.05) is 18.5 Å². The molecule has 0 spiro atoms. The van der Waals surface area contributed by atoms with Gasteiger partial charge in [0.05, 0.1) is 6.61 Å². The third-order valence-corrected chi connectivity index (χ3v) is 4.53. The van der Waals surface area contributed by atoms with Crippen molar-refractivity contribution in [1.82, 2.24) is 4.90 Å². The van der Waals surface area contributed by atoms with Gasteiger partial charge in [0.15, 0.2) is 5.78 Å². The van der Waals surface area contributed by atoms with Gasteiger partial charge in [-0.15, -0.1) is 0 Å². The van der Waals surface area contributed by atoms with Gasteiger partial charge in [-0.2, -0.15) is 0 Å². The summed E-state index contributed by atoms with van der Waals surface area (Å²) in [6.07, 6.45) is 2.14. The number of nitrogens with zero attached hydrogens (tertiary/aromatic N) is 1. The van der Waals surface area contributed by atoms with E-state index >= 15 is 0 Å². The predicted octanol–water partition coefficient (Wildman–Crippen LogP) is 2.76. The summed E-state index contributed by atoms with van der Waals surface area (Å²) in [4.78, 5) is 36.4. The van der Waals surface area contributed by atoms with E-state index < -0.39 is 12.0 Å². The number of Topliss-reactive ketones (excluding diaryl/α,β-unsaturated/α-hetero) is 1. The van der Waals surface area contributed by atoms with Crippen molar-refractivity contribution in [2.45, 2.75) is 45.6 Å². The average molecular weight is 347 g/mol. The maximum absolute atomic E-state index is 12.3. The van der Waals surface area contributed by atoms with Crippen molar-refractivity contribution in [2.24, 2.45) is 5.92 Å². The summed E-state index contributed by atoms with van der Waals surface area (Å²) in [5, 5.41) is 9.31. The fraction of sp³-hybridized carbons (Fsp3) is 0.526. The van der Waals surface area contributed by atoms with Gasteiger partial charge in [-0.1, -0.05) is 6.92 Å². The maximum Gasteiger partial charge on any atom is 0.326 e.